The molecule has 1 aromatic rings. The number of nitrogens with one attached hydrogen (secondary N) is 1. The molecule has 1 aromatic carbocycles. The molecule has 2 unspecified atom stereocenters. The Morgan fingerprint density at radius 2 is 2.04 bits per heavy atom. The number of amides is 2. The minimum atomic E-state index is -1.06. The SMILES string of the molecule is CC(C)(C)C1(C2CCCN2C(=O)O)Oc2ccccc2O[C@H]1NC=O. The summed E-state index contributed by atoms with van der Waals surface area (Å²) in [5.74, 6) is 1.08. The van der Waals surface area contributed by atoms with E-state index in [-0.39, 0.29) is 0 Å². The van der Waals surface area contributed by atoms with Crippen LogP contribution < -0.4 is 14.8 Å². The average Bonchev–Trinajstić information content (AvgIpc) is 3.03. The van der Waals surface area contributed by atoms with Crippen molar-refractivity contribution in [2.75, 3.05) is 6.54 Å². The Morgan fingerprint density at radius 1 is 1.36 bits per heavy atom. The van der Waals surface area contributed by atoms with E-state index in [2.05, 4.69) is 5.32 Å². The largest absolute Gasteiger partial charge is 0.475 e. The zero-order valence-electron chi connectivity index (χ0n) is 14.7. The summed E-state index contributed by atoms with van der Waals surface area (Å²) in [6.07, 6.45) is 0.172. The maximum Gasteiger partial charge on any atom is 0.407 e. The number of rotatable bonds is 3. The molecule has 3 atom stereocenters. The van der Waals surface area contributed by atoms with Gasteiger partial charge in [0.05, 0.1) is 6.04 Å². The summed E-state index contributed by atoms with van der Waals surface area (Å²) in [4.78, 5) is 24.4. The van der Waals surface area contributed by atoms with E-state index < -0.39 is 29.4 Å². The number of fused-ring (bicyclic) bond motifs is 1. The van der Waals surface area contributed by atoms with Gasteiger partial charge in [-0.2, -0.15) is 0 Å². The number of carbonyl (C=O) groups is 2. The number of ether oxygens (including phenoxy) is 2. The highest BCUT2D eigenvalue weighted by Crippen LogP contribution is 2.50. The van der Waals surface area contributed by atoms with Crippen molar-refractivity contribution in [2.24, 2.45) is 5.41 Å². The van der Waals surface area contributed by atoms with E-state index >= 15 is 0 Å². The minimum Gasteiger partial charge on any atom is -0.475 e. The smallest absolute Gasteiger partial charge is 0.407 e. The van der Waals surface area contributed by atoms with Crippen molar-refractivity contribution in [1.82, 2.24) is 10.2 Å². The molecule has 7 nitrogen and oxygen atoms in total. The average molecular weight is 348 g/mol. The predicted octanol–water partition coefficient (Wildman–Crippen LogP) is 2.46. The second kappa shape index (κ2) is 6.13. The van der Waals surface area contributed by atoms with Crippen molar-refractivity contribution in [1.29, 1.82) is 0 Å². The summed E-state index contributed by atoms with van der Waals surface area (Å²) in [6, 6.07) is 6.80. The van der Waals surface area contributed by atoms with E-state index in [0.717, 1.165) is 6.42 Å². The van der Waals surface area contributed by atoms with E-state index in [4.69, 9.17) is 9.47 Å². The first kappa shape index (κ1) is 17.4. The molecule has 2 aliphatic heterocycles. The molecular formula is C18H24N2O5. The quantitative estimate of drug-likeness (QED) is 0.819. The van der Waals surface area contributed by atoms with Gasteiger partial charge in [-0.05, 0) is 25.0 Å². The molecule has 7 heteroatoms. The van der Waals surface area contributed by atoms with E-state index in [1.807, 2.05) is 32.9 Å². The Bertz CT molecular complexity index is 672. The molecule has 1 saturated heterocycles. The Balaban J connectivity index is 2.15. The van der Waals surface area contributed by atoms with Gasteiger partial charge < -0.3 is 24.8 Å². The van der Waals surface area contributed by atoms with Crippen LogP contribution >= 0.6 is 0 Å². The van der Waals surface area contributed by atoms with Crippen LogP contribution in [0.1, 0.15) is 33.6 Å². The van der Waals surface area contributed by atoms with Crippen molar-refractivity contribution >= 4 is 12.5 Å². The van der Waals surface area contributed by atoms with Gasteiger partial charge in [-0.3, -0.25) is 4.79 Å². The van der Waals surface area contributed by atoms with Gasteiger partial charge in [0.25, 0.3) is 0 Å². The highest BCUT2D eigenvalue weighted by atomic mass is 16.6. The van der Waals surface area contributed by atoms with Crippen LogP contribution in [0.2, 0.25) is 0 Å². The van der Waals surface area contributed by atoms with Crippen molar-refractivity contribution < 1.29 is 24.2 Å². The van der Waals surface area contributed by atoms with Crippen LogP contribution in [0.25, 0.3) is 0 Å². The topological polar surface area (TPSA) is 88.1 Å². The van der Waals surface area contributed by atoms with Crippen LogP contribution in [0, 0.1) is 5.41 Å². The minimum absolute atomic E-state index is 0.434. The first-order valence-corrected chi connectivity index (χ1v) is 8.45. The van der Waals surface area contributed by atoms with Gasteiger partial charge in [0.2, 0.25) is 12.6 Å². The van der Waals surface area contributed by atoms with Gasteiger partial charge in [0.1, 0.15) is 0 Å². The van der Waals surface area contributed by atoms with Gasteiger partial charge in [-0.1, -0.05) is 32.9 Å². The number of hydrogen-bond donors (Lipinski definition) is 2. The lowest BCUT2D eigenvalue weighted by Gasteiger charge is -2.55. The fourth-order valence-corrected chi connectivity index (χ4v) is 4.03. The number of benzene rings is 1. The molecule has 25 heavy (non-hydrogen) atoms. The molecule has 0 spiro atoms. The second-order valence-corrected chi connectivity index (χ2v) is 7.51. The lowest BCUT2D eigenvalue weighted by molar-refractivity contribution is -0.175. The van der Waals surface area contributed by atoms with E-state index in [0.29, 0.717) is 30.9 Å². The standard InChI is InChI=1S/C18H24N2O5/c1-17(2,3)18(14-9-6-10-20(14)16(22)23)15(19-11-21)24-12-7-4-5-8-13(12)25-18/h4-5,7-8,11,14-15H,6,9-10H2,1-3H3,(H,19,21)(H,22,23)/t14?,15-,18?/m1/s1. The molecule has 2 heterocycles. The highest BCUT2D eigenvalue weighted by molar-refractivity contribution is 5.66. The fourth-order valence-electron chi connectivity index (χ4n) is 4.03. The van der Waals surface area contributed by atoms with Crippen LogP contribution in [0.5, 0.6) is 11.5 Å². The molecular weight excluding hydrogens is 324 g/mol. The number of nitrogens with zero attached hydrogens (tertiary/aromatic N) is 1. The van der Waals surface area contributed by atoms with Crippen LogP contribution in [0.15, 0.2) is 24.3 Å². The molecule has 2 N–H and O–H groups in total. The Labute approximate surface area is 146 Å². The third kappa shape index (κ3) is 2.67. The molecule has 2 amide bonds. The summed E-state index contributed by atoms with van der Waals surface area (Å²) in [6.45, 7) is 6.36. The van der Waals surface area contributed by atoms with Crippen LogP contribution in [0.4, 0.5) is 4.79 Å². The third-order valence-electron chi connectivity index (χ3n) is 5.15. The lowest BCUT2D eigenvalue weighted by Crippen LogP contribution is -2.73. The monoisotopic (exact) mass is 348 g/mol. The predicted molar refractivity (Wildman–Crippen MR) is 90.6 cm³/mol. The fraction of sp³-hybridized carbons (Fsp3) is 0.556. The molecule has 0 bridgehead atoms. The Morgan fingerprint density at radius 3 is 2.64 bits per heavy atom. The second-order valence-electron chi connectivity index (χ2n) is 7.51. The van der Waals surface area contributed by atoms with Crippen molar-refractivity contribution in [3.63, 3.8) is 0 Å². The number of para-hydroxylation sites is 2. The highest BCUT2D eigenvalue weighted by Gasteiger charge is 2.63. The van der Waals surface area contributed by atoms with E-state index in [1.54, 1.807) is 12.1 Å². The van der Waals surface area contributed by atoms with Crippen molar-refractivity contribution in [3.8, 4) is 11.5 Å². The Kier molecular flexibility index (Phi) is 4.26. The first-order valence-electron chi connectivity index (χ1n) is 8.45. The maximum absolute atomic E-state index is 11.8. The third-order valence-corrected chi connectivity index (χ3v) is 5.15. The number of hydrogen-bond acceptors (Lipinski definition) is 4. The zero-order valence-corrected chi connectivity index (χ0v) is 14.7. The number of carboxylic acid groups (broad SMARTS) is 1. The zero-order chi connectivity index (χ0) is 18.2. The molecule has 0 radical (unpaired) electrons. The normalized spacial score (nSPS) is 28.5. The molecule has 1 fully saturated rings. The lowest BCUT2D eigenvalue weighted by atomic mass is 9.69. The summed E-state index contributed by atoms with van der Waals surface area (Å²) >= 11 is 0. The van der Waals surface area contributed by atoms with E-state index in [1.165, 1.54) is 4.90 Å². The van der Waals surface area contributed by atoms with E-state index in [9.17, 15) is 14.7 Å². The first-order chi connectivity index (χ1) is 11.8. The van der Waals surface area contributed by atoms with Gasteiger partial charge in [0, 0.05) is 12.0 Å². The molecule has 0 aromatic heterocycles. The van der Waals surface area contributed by atoms with Gasteiger partial charge >= 0.3 is 6.09 Å². The number of likely N-dealkylation sites (tertiary alicyclic amines) is 1. The molecule has 136 valence electrons. The summed E-state index contributed by atoms with van der Waals surface area (Å²) < 4.78 is 12.5. The van der Waals surface area contributed by atoms with Crippen LogP contribution in [-0.2, 0) is 4.79 Å². The number of carbonyl (C=O) groups excluding carboxylic acids is 1. The Hall–Kier alpha value is -2.44. The van der Waals surface area contributed by atoms with Gasteiger partial charge in [-0.15, -0.1) is 0 Å². The summed E-state index contributed by atoms with van der Waals surface area (Å²) in [5.41, 5.74) is -1.57. The van der Waals surface area contributed by atoms with Crippen LogP contribution in [-0.4, -0.2) is 46.9 Å². The van der Waals surface area contributed by atoms with Gasteiger partial charge in [0.15, 0.2) is 17.1 Å². The van der Waals surface area contributed by atoms with Crippen LogP contribution in [0.3, 0.4) is 0 Å². The molecule has 0 saturated carbocycles. The maximum atomic E-state index is 11.8. The summed E-state index contributed by atoms with van der Waals surface area (Å²) in [7, 11) is 0. The van der Waals surface area contributed by atoms with Gasteiger partial charge in [-0.25, -0.2) is 4.79 Å². The van der Waals surface area contributed by atoms with Crippen molar-refractivity contribution in [3.05, 3.63) is 24.3 Å². The summed E-state index contributed by atoms with van der Waals surface area (Å²) in [5, 5.41) is 12.4. The molecule has 3 rings (SSSR count). The van der Waals surface area contributed by atoms with Crippen molar-refractivity contribution in [2.45, 2.75) is 51.5 Å². The molecule has 0 aliphatic carbocycles. The molecule has 2 aliphatic rings.